The Kier molecular flexibility index (Phi) is 45.0. The highest BCUT2D eigenvalue weighted by atomic mass is 16.6. The van der Waals surface area contributed by atoms with Gasteiger partial charge in [0.2, 0.25) is 0 Å². The topological polar surface area (TPSA) is 99.1 Å². The number of ether oxygens (including phenoxy) is 3. The van der Waals surface area contributed by atoms with Gasteiger partial charge in [-0.3, -0.25) is 9.59 Å². The van der Waals surface area contributed by atoms with Crippen LogP contribution in [-0.2, 0) is 28.6 Å². The molecule has 1 N–H and O–H groups in total. The minimum absolute atomic E-state index is 0.0495. The van der Waals surface area contributed by atoms with Crippen LogP contribution in [0.25, 0.3) is 0 Å². The average Bonchev–Trinajstić information content (AvgIpc) is 3.28. The van der Waals surface area contributed by atoms with Gasteiger partial charge in [-0.05, 0) is 89.9 Å². The number of hydrogen-bond acceptors (Lipinski definition) is 6. The van der Waals surface area contributed by atoms with Crippen LogP contribution >= 0.6 is 0 Å². The standard InChI is InChI=1S/C58H97NO7/c1-6-8-10-12-14-16-18-20-22-24-26-27-28-29-31-33-35-37-39-41-43-45-47-49-57(61)66-54(52-64-51-50-55(58(62)63)59(3,4)5)53-65-56(60)48-46-44-42-40-38-36-34-32-30-25-23-21-19-17-15-13-11-9-7-2/h8-11,14-17,20-23,26-27,29,31,54-55H,6-7,12-13,18-19,24-25,28,30,32-53H2,1-5H3/p+1/b10-8+,11-9+,16-14+,17-15+,22-20+,23-21+,27-26+,31-29+. The molecule has 8 nitrogen and oxygen atoms in total. The fourth-order valence-electron chi connectivity index (χ4n) is 7.25. The van der Waals surface area contributed by atoms with Crippen molar-refractivity contribution in [2.75, 3.05) is 41.0 Å². The Bertz CT molecular complexity index is 1400. The summed E-state index contributed by atoms with van der Waals surface area (Å²) >= 11 is 0. The lowest BCUT2D eigenvalue weighted by Crippen LogP contribution is -2.50. The molecule has 0 aromatic heterocycles. The molecule has 0 aliphatic carbocycles. The van der Waals surface area contributed by atoms with Crippen molar-refractivity contribution in [1.82, 2.24) is 0 Å². The largest absolute Gasteiger partial charge is 0.477 e. The van der Waals surface area contributed by atoms with Gasteiger partial charge >= 0.3 is 17.9 Å². The van der Waals surface area contributed by atoms with Gasteiger partial charge in [-0.25, -0.2) is 4.79 Å². The lowest BCUT2D eigenvalue weighted by molar-refractivity contribution is -0.887. The van der Waals surface area contributed by atoms with E-state index in [1.807, 2.05) is 21.1 Å². The maximum atomic E-state index is 12.8. The highest BCUT2D eigenvalue weighted by Gasteiger charge is 2.31. The summed E-state index contributed by atoms with van der Waals surface area (Å²) in [6.07, 6.45) is 64.5. The number of allylic oxidation sites excluding steroid dienone is 16. The normalized spacial score (nSPS) is 13.7. The molecule has 0 saturated carbocycles. The molecule has 0 aliphatic heterocycles. The number of quaternary nitrogens is 1. The van der Waals surface area contributed by atoms with Crippen molar-refractivity contribution in [3.8, 4) is 0 Å². The molecular weight excluding hydrogens is 823 g/mol. The third-order valence-corrected chi connectivity index (χ3v) is 11.2. The molecular formula is C58H98NO7+. The van der Waals surface area contributed by atoms with Crippen LogP contribution in [0, 0.1) is 0 Å². The van der Waals surface area contributed by atoms with E-state index in [4.69, 9.17) is 14.2 Å². The molecule has 0 rings (SSSR count). The first-order chi connectivity index (χ1) is 32.1. The van der Waals surface area contributed by atoms with Gasteiger partial charge in [0, 0.05) is 19.3 Å². The van der Waals surface area contributed by atoms with E-state index in [1.165, 1.54) is 57.8 Å². The van der Waals surface area contributed by atoms with E-state index in [1.54, 1.807) is 0 Å². The highest BCUT2D eigenvalue weighted by molar-refractivity contribution is 5.72. The summed E-state index contributed by atoms with van der Waals surface area (Å²) in [5, 5.41) is 9.66. The Morgan fingerprint density at radius 1 is 0.455 bits per heavy atom. The number of rotatable bonds is 46. The van der Waals surface area contributed by atoms with Gasteiger partial charge < -0.3 is 23.8 Å². The molecule has 0 bridgehead atoms. The lowest BCUT2D eigenvalue weighted by atomic mass is 10.1. The monoisotopic (exact) mass is 921 g/mol. The van der Waals surface area contributed by atoms with Crippen LogP contribution in [-0.4, -0.2) is 80.6 Å². The number of esters is 2. The number of likely N-dealkylation sites (N-methyl/N-ethyl adjacent to an activating group) is 1. The highest BCUT2D eigenvalue weighted by Crippen LogP contribution is 2.15. The Morgan fingerprint density at radius 3 is 1.18 bits per heavy atom. The number of carboxylic acids is 1. The van der Waals surface area contributed by atoms with Crippen molar-refractivity contribution in [3.63, 3.8) is 0 Å². The predicted molar refractivity (Wildman–Crippen MR) is 279 cm³/mol. The lowest BCUT2D eigenvalue weighted by Gasteiger charge is -2.31. The van der Waals surface area contributed by atoms with Gasteiger partial charge in [0.05, 0.1) is 34.4 Å². The van der Waals surface area contributed by atoms with Crippen LogP contribution in [0.5, 0.6) is 0 Å². The molecule has 0 fully saturated rings. The molecule has 8 heteroatoms. The molecule has 0 aromatic rings. The van der Waals surface area contributed by atoms with Crippen LogP contribution in [0.4, 0.5) is 0 Å². The van der Waals surface area contributed by atoms with Crippen LogP contribution < -0.4 is 0 Å². The zero-order valence-corrected chi connectivity index (χ0v) is 42.9. The Hall–Kier alpha value is -3.75. The number of aliphatic carboxylic acids is 1. The zero-order valence-electron chi connectivity index (χ0n) is 42.9. The Labute approximate surface area is 405 Å². The first kappa shape index (κ1) is 62.2. The number of nitrogens with zero attached hydrogens (tertiary/aromatic N) is 1. The van der Waals surface area contributed by atoms with Crippen molar-refractivity contribution in [2.45, 2.75) is 212 Å². The number of unbranched alkanes of at least 4 members (excludes halogenated alkanes) is 16. The van der Waals surface area contributed by atoms with Gasteiger partial charge in [-0.2, -0.15) is 0 Å². The number of carboxylic acid groups (broad SMARTS) is 1. The van der Waals surface area contributed by atoms with Crippen molar-refractivity contribution in [3.05, 3.63) is 97.2 Å². The second kappa shape index (κ2) is 47.7. The summed E-state index contributed by atoms with van der Waals surface area (Å²) in [5.74, 6) is -1.49. The smallest absolute Gasteiger partial charge is 0.362 e. The number of carbonyl (C=O) groups excluding carboxylic acids is 2. The first-order valence-electron chi connectivity index (χ1n) is 26.3. The third-order valence-electron chi connectivity index (χ3n) is 11.2. The third kappa shape index (κ3) is 45.4. The quantitative estimate of drug-likeness (QED) is 0.0281. The van der Waals surface area contributed by atoms with E-state index >= 15 is 0 Å². The fourth-order valence-corrected chi connectivity index (χ4v) is 7.25. The average molecular weight is 921 g/mol. The van der Waals surface area contributed by atoms with Crippen molar-refractivity contribution >= 4 is 17.9 Å². The van der Waals surface area contributed by atoms with E-state index in [0.717, 1.165) is 109 Å². The van der Waals surface area contributed by atoms with Gasteiger partial charge in [-0.15, -0.1) is 0 Å². The van der Waals surface area contributed by atoms with Crippen LogP contribution in [0.3, 0.4) is 0 Å². The van der Waals surface area contributed by atoms with Crippen LogP contribution in [0.1, 0.15) is 200 Å². The van der Waals surface area contributed by atoms with Gasteiger partial charge in [0.25, 0.3) is 0 Å². The second-order valence-corrected chi connectivity index (χ2v) is 18.4. The minimum Gasteiger partial charge on any atom is -0.477 e. The molecule has 0 spiro atoms. The van der Waals surface area contributed by atoms with Crippen molar-refractivity contribution < 1.29 is 38.2 Å². The Balaban J connectivity index is 4.28. The van der Waals surface area contributed by atoms with E-state index in [-0.39, 0.29) is 36.2 Å². The summed E-state index contributed by atoms with van der Waals surface area (Å²) in [6, 6.07) is -0.624. The number of carbonyl (C=O) groups is 3. The Morgan fingerprint density at radius 2 is 0.803 bits per heavy atom. The van der Waals surface area contributed by atoms with Gasteiger partial charge in [0.1, 0.15) is 6.61 Å². The van der Waals surface area contributed by atoms with Crippen molar-refractivity contribution in [2.24, 2.45) is 0 Å². The SMILES string of the molecule is CC/C=C/C/C=C/C/C=C/C/C=C/C/C=C/CCCCCCCCCC(=O)OC(COCCC(C(=O)O)[N+](C)(C)C)COC(=O)CCCCCCCCCCC/C=C/C/C=C/C/C=C/CC. The molecule has 66 heavy (non-hydrogen) atoms. The maximum absolute atomic E-state index is 12.8. The molecule has 2 unspecified atom stereocenters. The van der Waals surface area contributed by atoms with E-state index < -0.39 is 18.1 Å². The van der Waals surface area contributed by atoms with Gasteiger partial charge in [0.15, 0.2) is 12.1 Å². The molecule has 0 radical (unpaired) electrons. The predicted octanol–water partition coefficient (Wildman–Crippen LogP) is 15.4. The summed E-state index contributed by atoms with van der Waals surface area (Å²) in [7, 11) is 5.52. The first-order valence-corrected chi connectivity index (χ1v) is 26.3. The summed E-state index contributed by atoms with van der Waals surface area (Å²) in [4.78, 5) is 37.2. The van der Waals surface area contributed by atoms with Crippen LogP contribution in [0.2, 0.25) is 0 Å². The molecule has 0 aromatic carbocycles. The molecule has 0 amide bonds. The summed E-state index contributed by atoms with van der Waals surface area (Å²) < 4.78 is 17.4. The van der Waals surface area contributed by atoms with E-state index in [0.29, 0.717) is 19.3 Å². The summed E-state index contributed by atoms with van der Waals surface area (Å²) in [6.45, 7) is 4.50. The second-order valence-electron chi connectivity index (χ2n) is 18.4. The molecule has 376 valence electrons. The van der Waals surface area contributed by atoms with Gasteiger partial charge in [-0.1, -0.05) is 188 Å². The van der Waals surface area contributed by atoms with Crippen LogP contribution in [0.15, 0.2) is 97.2 Å². The summed E-state index contributed by atoms with van der Waals surface area (Å²) in [5.41, 5.74) is 0. The molecule has 0 heterocycles. The number of hydrogen-bond donors (Lipinski definition) is 1. The van der Waals surface area contributed by atoms with E-state index in [9.17, 15) is 19.5 Å². The molecule has 0 saturated heterocycles. The molecule has 2 atom stereocenters. The zero-order chi connectivity index (χ0) is 48.4. The van der Waals surface area contributed by atoms with E-state index in [2.05, 4.69) is 111 Å². The maximum Gasteiger partial charge on any atom is 0.362 e. The fraction of sp³-hybridized carbons (Fsp3) is 0.672. The van der Waals surface area contributed by atoms with Crippen molar-refractivity contribution in [1.29, 1.82) is 0 Å². The minimum atomic E-state index is -0.881. The molecule has 0 aliphatic rings.